The molecule has 0 saturated carbocycles. The average Bonchev–Trinajstić information content (AvgIpc) is 2.95. The molecule has 0 aliphatic rings. The van der Waals surface area contributed by atoms with E-state index in [1.54, 1.807) is 54.6 Å². The van der Waals surface area contributed by atoms with E-state index < -0.39 is 30.6 Å². The summed E-state index contributed by atoms with van der Waals surface area (Å²) in [7, 11) is 1.51. The maximum absolute atomic E-state index is 12.4. The summed E-state index contributed by atoms with van der Waals surface area (Å²) in [6.45, 7) is 1.07. The first kappa shape index (κ1) is 27.8. The molecule has 0 aromatic heterocycles. The van der Waals surface area contributed by atoms with E-state index in [0.29, 0.717) is 22.6 Å². The molecule has 3 aromatic carbocycles. The highest BCUT2D eigenvalue weighted by Crippen LogP contribution is 2.14. The highest BCUT2D eigenvalue weighted by molar-refractivity contribution is 6.01. The molecule has 1 atom stereocenters. The number of hydrogen-bond acceptors (Lipinski definition) is 8. The van der Waals surface area contributed by atoms with Crippen LogP contribution in [-0.4, -0.2) is 49.2 Å². The number of esters is 2. The Balaban J connectivity index is 1.40. The van der Waals surface area contributed by atoms with Crippen molar-refractivity contribution < 1.29 is 38.2 Å². The lowest BCUT2D eigenvalue weighted by atomic mass is 10.1. The zero-order valence-corrected chi connectivity index (χ0v) is 21.0. The first-order valence-corrected chi connectivity index (χ1v) is 11.8. The smallest absolute Gasteiger partial charge is 0.338 e. The van der Waals surface area contributed by atoms with Crippen LogP contribution in [0.2, 0.25) is 0 Å². The average molecular weight is 518 g/mol. The van der Waals surface area contributed by atoms with Gasteiger partial charge in [-0.25, -0.2) is 4.79 Å². The molecule has 0 unspecified atom stereocenters. The van der Waals surface area contributed by atoms with Crippen LogP contribution in [0, 0.1) is 0 Å². The van der Waals surface area contributed by atoms with Gasteiger partial charge in [0.2, 0.25) is 11.7 Å². The quantitative estimate of drug-likeness (QED) is 0.279. The lowest BCUT2D eigenvalue weighted by Gasteiger charge is -2.12. The Hall–Kier alpha value is -4.79. The molecule has 0 fully saturated rings. The van der Waals surface area contributed by atoms with Crippen LogP contribution < -0.4 is 10.1 Å². The molecule has 196 valence electrons. The molecule has 9 heteroatoms. The Morgan fingerprint density at radius 3 is 2.03 bits per heavy atom. The summed E-state index contributed by atoms with van der Waals surface area (Å²) >= 11 is 0. The largest absolute Gasteiger partial charge is 0.497 e. The van der Waals surface area contributed by atoms with Crippen molar-refractivity contribution in [3.8, 4) is 5.75 Å². The van der Waals surface area contributed by atoms with Crippen molar-refractivity contribution in [3.05, 3.63) is 95.6 Å². The fourth-order valence-electron chi connectivity index (χ4n) is 3.33. The number of carbonyl (C=O) groups is 5. The van der Waals surface area contributed by atoms with Gasteiger partial charge < -0.3 is 19.5 Å². The van der Waals surface area contributed by atoms with E-state index in [9.17, 15) is 24.0 Å². The van der Waals surface area contributed by atoms with Crippen molar-refractivity contribution in [2.24, 2.45) is 0 Å². The highest BCUT2D eigenvalue weighted by atomic mass is 16.5. The summed E-state index contributed by atoms with van der Waals surface area (Å²) in [5.41, 5.74) is 1.43. The summed E-state index contributed by atoms with van der Waals surface area (Å²) in [5.74, 6) is -1.88. The number of nitrogens with one attached hydrogen (secondary N) is 1. The second kappa shape index (κ2) is 13.5. The molecule has 3 aromatic rings. The molecular weight excluding hydrogens is 490 g/mol. The van der Waals surface area contributed by atoms with Crippen LogP contribution in [0.4, 0.5) is 5.69 Å². The molecule has 1 amide bonds. The Morgan fingerprint density at radius 1 is 0.763 bits per heavy atom. The predicted molar refractivity (Wildman–Crippen MR) is 138 cm³/mol. The molecule has 0 bridgehead atoms. The van der Waals surface area contributed by atoms with Crippen molar-refractivity contribution >= 4 is 35.1 Å². The third-order valence-corrected chi connectivity index (χ3v) is 5.45. The molecule has 1 N–H and O–H groups in total. The van der Waals surface area contributed by atoms with E-state index in [1.807, 2.05) is 0 Å². The van der Waals surface area contributed by atoms with E-state index in [-0.39, 0.29) is 30.0 Å². The molecule has 3 rings (SSSR count). The Morgan fingerprint density at radius 2 is 1.39 bits per heavy atom. The van der Waals surface area contributed by atoms with Crippen LogP contribution in [0.25, 0.3) is 0 Å². The minimum Gasteiger partial charge on any atom is -0.497 e. The maximum atomic E-state index is 12.4. The van der Waals surface area contributed by atoms with Crippen molar-refractivity contribution in [1.29, 1.82) is 0 Å². The number of Topliss-reactive ketones (excluding diaryl/α,β-unsaturated/α-hetero) is 2. The number of hydrogen-bond donors (Lipinski definition) is 1. The lowest BCUT2D eigenvalue weighted by molar-refractivity contribution is -0.143. The molecule has 0 radical (unpaired) electrons. The number of carbonyl (C=O) groups excluding carboxylic acids is 5. The normalized spacial score (nSPS) is 11.1. The van der Waals surface area contributed by atoms with Crippen LogP contribution in [0.15, 0.2) is 78.9 Å². The van der Waals surface area contributed by atoms with E-state index in [4.69, 9.17) is 14.2 Å². The summed E-state index contributed by atoms with van der Waals surface area (Å²) < 4.78 is 15.2. The van der Waals surface area contributed by atoms with Gasteiger partial charge >= 0.3 is 11.9 Å². The number of amides is 1. The molecule has 9 nitrogen and oxygen atoms in total. The monoisotopic (exact) mass is 517 g/mol. The van der Waals surface area contributed by atoms with E-state index in [0.717, 1.165) is 0 Å². The van der Waals surface area contributed by atoms with Gasteiger partial charge in [0.25, 0.3) is 0 Å². The number of methoxy groups -OCH3 is 1. The van der Waals surface area contributed by atoms with Crippen LogP contribution in [0.1, 0.15) is 50.8 Å². The molecule has 0 saturated heterocycles. The summed E-state index contributed by atoms with van der Waals surface area (Å²) in [5, 5.41) is 2.61. The molecule has 0 aliphatic heterocycles. The van der Waals surface area contributed by atoms with Crippen molar-refractivity contribution in [2.45, 2.75) is 25.9 Å². The van der Waals surface area contributed by atoms with Gasteiger partial charge in [-0.1, -0.05) is 30.3 Å². The first-order chi connectivity index (χ1) is 18.3. The third kappa shape index (κ3) is 8.12. The number of ether oxygens (including phenoxy) is 3. The van der Waals surface area contributed by atoms with Crippen LogP contribution in [0.5, 0.6) is 5.75 Å². The highest BCUT2D eigenvalue weighted by Gasteiger charge is 2.20. The number of rotatable bonds is 12. The topological polar surface area (TPSA) is 125 Å². The van der Waals surface area contributed by atoms with Crippen LogP contribution in [-0.2, 0) is 19.1 Å². The van der Waals surface area contributed by atoms with Gasteiger partial charge in [-0.15, -0.1) is 0 Å². The van der Waals surface area contributed by atoms with E-state index in [2.05, 4.69) is 5.32 Å². The molecular formula is C29H27NO8. The van der Waals surface area contributed by atoms with Crippen LogP contribution >= 0.6 is 0 Å². The van der Waals surface area contributed by atoms with Crippen molar-refractivity contribution in [2.75, 3.05) is 19.0 Å². The third-order valence-electron chi connectivity index (χ3n) is 5.45. The minimum absolute atomic E-state index is 0.154. The zero-order chi connectivity index (χ0) is 27.5. The number of ketones is 2. The maximum Gasteiger partial charge on any atom is 0.338 e. The Labute approximate surface area is 219 Å². The van der Waals surface area contributed by atoms with E-state index in [1.165, 1.54) is 38.3 Å². The predicted octanol–water partition coefficient (Wildman–Crippen LogP) is 4.27. The SMILES string of the molecule is COc1ccc(C(=O)COC(=O)CCC(=O)Nc2ccc(C(=O)O[C@@H](C)C(=O)c3ccccc3)cc2)cc1. The van der Waals surface area contributed by atoms with Gasteiger partial charge in [-0.2, -0.15) is 0 Å². The summed E-state index contributed by atoms with van der Waals surface area (Å²) in [6.07, 6.45) is -1.33. The molecule has 0 spiro atoms. The van der Waals surface area contributed by atoms with Gasteiger partial charge in [-0.3, -0.25) is 19.2 Å². The van der Waals surface area contributed by atoms with Crippen molar-refractivity contribution in [3.63, 3.8) is 0 Å². The number of benzene rings is 3. The van der Waals surface area contributed by atoms with Gasteiger partial charge in [0, 0.05) is 23.2 Å². The van der Waals surface area contributed by atoms with Gasteiger partial charge in [-0.05, 0) is 55.5 Å². The fourth-order valence-corrected chi connectivity index (χ4v) is 3.33. The van der Waals surface area contributed by atoms with Gasteiger partial charge in [0.1, 0.15) is 5.75 Å². The molecule has 0 heterocycles. The zero-order valence-electron chi connectivity index (χ0n) is 21.0. The summed E-state index contributed by atoms with van der Waals surface area (Å²) in [6, 6.07) is 20.8. The second-order valence-corrected chi connectivity index (χ2v) is 8.22. The van der Waals surface area contributed by atoms with Gasteiger partial charge in [0.05, 0.1) is 19.1 Å². The van der Waals surface area contributed by atoms with Crippen molar-refractivity contribution in [1.82, 2.24) is 0 Å². The van der Waals surface area contributed by atoms with E-state index >= 15 is 0 Å². The summed E-state index contributed by atoms with van der Waals surface area (Å²) in [4.78, 5) is 61.0. The van der Waals surface area contributed by atoms with Crippen LogP contribution in [0.3, 0.4) is 0 Å². The number of anilines is 1. The minimum atomic E-state index is -0.962. The lowest BCUT2D eigenvalue weighted by Crippen LogP contribution is -2.24. The fraction of sp³-hybridized carbons (Fsp3) is 0.207. The Bertz CT molecular complexity index is 1280. The molecule has 38 heavy (non-hydrogen) atoms. The second-order valence-electron chi connectivity index (χ2n) is 8.22. The Kier molecular flexibility index (Phi) is 9.87. The standard InChI is InChI=1S/C29H27NO8/c1-19(28(34)21-6-4-3-5-7-21)38-29(35)22-8-12-23(13-9-22)30-26(32)16-17-27(33)37-18-25(31)20-10-14-24(36-2)15-11-20/h3-15,19H,16-18H2,1-2H3,(H,30,32)/t19-/m0/s1. The molecule has 0 aliphatic carbocycles. The first-order valence-electron chi connectivity index (χ1n) is 11.8. The van der Waals surface area contributed by atoms with Gasteiger partial charge in [0.15, 0.2) is 18.5 Å².